The summed E-state index contributed by atoms with van der Waals surface area (Å²) in [5, 5.41) is 0.538. The van der Waals surface area contributed by atoms with Gasteiger partial charge in [0.2, 0.25) is 0 Å². The number of unbranched alkanes of at least 4 members (excludes halogenated alkanes) is 13. The van der Waals surface area contributed by atoms with Crippen LogP contribution in [-0.2, 0) is 10.1 Å². The monoisotopic (exact) mass is 536 g/mol. The van der Waals surface area contributed by atoms with Crippen LogP contribution in [0.4, 0.5) is 0 Å². The molecule has 214 valence electrons. The summed E-state index contributed by atoms with van der Waals surface area (Å²) in [5.74, 6) is 0.860. The lowest BCUT2D eigenvalue weighted by Crippen LogP contribution is -2.32. The average Bonchev–Trinajstić information content (AvgIpc) is 2.82. The minimum absolute atomic E-state index is 0.0799. The van der Waals surface area contributed by atoms with Crippen LogP contribution in [0.5, 0.6) is 0 Å². The smallest absolute Gasteiger partial charge is 0.264 e. The fourth-order valence-electron chi connectivity index (χ4n) is 4.94. The fraction of sp³-hybridized carbons (Fsp3) is 1.00. The Morgan fingerprint density at radius 1 is 0.571 bits per heavy atom. The van der Waals surface area contributed by atoms with Crippen molar-refractivity contribution in [1.29, 1.82) is 0 Å². The highest BCUT2D eigenvalue weighted by molar-refractivity contribution is 7.85. The zero-order valence-electron chi connectivity index (χ0n) is 24.6. The van der Waals surface area contributed by atoms with Crippen molar-refractivity contribution in [1.82, 2.24) is 0 Å². The second-order valence-corrected chi connectivity index (χ2v) is 13.6. The molecule has 0 aliphatic rings. The van der Waals surface area contributed by atoms with E-state index in [2.05, 4.69) is 43.9 Å². The summed E-state index contributed by atoms with van der Waals surface area (Å²) in [4.78, 5) is 0. The van der Waals surface area contributed by atoms with E-state index < -0.39 is 10.1 Å². The van der Waals surface area contributed by atoms with Gasteiger partial charge < -0.3 is 0 Å². The third-order valence-corrected chi connectivity index (χ3v) is 9.23. The van der Waals surface area contributed by atoms with Crippen LogP contribution in [0.15, 0.2) is 0 Å². The van der Waals surface area contributed by atoms with E-state index in [-0.39, 0.29) is 5.75 Å². The molecule has 0 heterocycles. The molecule has 0 aromatic carbocycles. The van der Waals surface area contributed by atoms with E-state index in [0.717, 1.165) is 18.8 Å². The first kappa shape index (κ1) is 37.5. The number of hydrogen-bond acceptors (Lipinski definition) is 2. The summed E-state index contributed by atoms with van der Waals surface area (Å²) in [7, 11) is -0.411. The molecule has 5 heteroatoms. The van der Waals surface area contributed by atoms with E-state index in [9.17, 15) is 8.42 Å². The molecule has 1 atom stereocenters. The SMILES string of the molecule is CCCCC(CCCC)C(P)(CCCC)CCCC.CCCCCCCCCCCCS(=O)(=O)O. The van der Waals surface area contributed by atoms with Crippen LogP contribution in [0.3, 0.4) is 0 Å². The maximum Gasteiger partial charge on any atom is 0.264 e. The first-order valence-corrected chi connectivity index (χ1v) is 17.6. The Morgan fingerprint density at radius 3 is 1.26 bits per heavy atom. The zero-order valence-corrected chi connectivity index (χ0v) is 26.6. The summed E-state index contributed by atoms with van der Waals surface area (Å²) in [5.41, 5.74) is 0. The predicted molar refractivity (Wildman–Crippen MR) is 162 cm³/mol. The number of hydrogen-bond donors (Lipinski definition) is 1. The Bertz CT molecular complexity index is 506. The van der Waals surface area contributed by atoms with Gasteiger partial charge in [-0.05, 0) is 43.2 Å². The molecule has 35 heavy (non-hydrogen) atoms. The van der Waals surface area contributed by atoms with Gasteiger partial charge in [-0.3, -0.25) is 4.55 Å². The molecular formula is C30H65O3PS. The summed E-state index contributed by atoms with van der Waals surface area (Å²) >= 11 is 0. The number of rotatable bonds is 24. The quantitative estimate of drug-likeness (QED) is 0.0758. The van der Waals surface area contributed by atoms with Crippen LogP contribution in [-0.4, -0.2) is 23.9 Å². The van der Waals surface area contributed by atoms with Crippen molar-refractivity contribution in [3.05, 3.63) is 0 Å². The lowest BCUT2D eigenvalue weighted by atomic mass is 9.77. The maximum atomic E-state index is 10.4. The highest BCUT2D eigenvalue weighted by atomic mass is 32.2. The van der Waals surface area contributed by atoms with Crippen LogP contribution in [0.2, 0.25) is 0 Å². The topological polar surface area (TPSA) is 54.4 Å². The van der Waals surface area contributed by atoms with Crippen molar-refractivity contribution in [3.8, 4) is 0 Å². The van der Waals surface area contributed by atoms with E-state index in [1.54, 1.807) is 0 Å². The Kier molecular flexibility index (Phi) is 27.8. The van der Waals surface area contributed by atoms with Gasteiger partial charge in [-0.25, -0.2) is 0 Å². The van der Waals surface area contributed by atoms with Gasteiger partial charge in [0.05, 0.1) is 5.75 Å². The van der Waals surface area contributed by atoms with E-state index in [1.165, 1.54) is 122 Å². The second kappa shape index (κ2) is 26.0. The molecule has 1 unspecified atom stereocenters. The van der Waals surface area contributed by atoms with E-state index in [1.807, 2.05) is 0 Å². The highest BCUT2D eigenvalue weighted by Crippen LogP contribution is 2.43. The molecule has 0 rings (SSSR count). The Balaban J connectivity index is 0. The Hall–Kier alpha value is 0.340. The molecule has 0 aliphatic carbocycles. The van der Waals surface area contributed by atoms with Gasteiger partial charge >= 0.3 is 0 Å². The van der Waals surface area contributed by atoms with Crippen LogP contribution >= 0.6 is 9.24 Å². The molecule has 3 nitrogen and oxygen atoms in total. The molecule has 0 aliphatic heterocycles. The van der Waals surface area contributed by atoms with Crippen molar-refractivity contribution in [2.45, 2.75) is 181 Å². The first-order valence-electron chi connectivity index (χ1n) is 15.4. The molecule has 0 saturated carbocycles. The molecule has 0 spiro atoms. The van der Waals surface area contributed by atoms with Gasteiger partial charge in [0, 0.05) is 0 Å². The fourth-order valence-corrected chi connectivity index (χ4v) is 6.25. The average molecular weight is 537 g/mol. The minimum Gasteiger partial charge on any atom is -0.286 e. The molecule has 0 saturated heterocycles. The van der Waals surface area contributed by atoms with Crippen molar-refractivity contribution >= 4 is 19.4 Å². The molecule has 0 fully saturated rings. The molecule has 1 N–H and O–H groups in total. The third-order valence-electron chi connectivity index (χ3n) is 7.37. The van der Waals surface area contributed by atoms with Gasteiger partial charge in [-0.1, -0.05) is 144 Å². The van der Waals surface area contributed by atoms with Crippen LogP contribution in [0.25, 0.3) is 0 Å². The van der Waals surface area contributed by atoms with Crippen molar-refractivity contribution < 1.29 is 13.0 Å². The van der Waals surface area contributed by atoms with Crippen molar-refractivity contribution in [2.75, 3.05) is 5.75 Å². The van der Waals surface area contributed by atoms with Crippen molar-refractivity contribution in [2.24, 2.45) is 5.92 Å². The van der Waals surface area contributed by atoms with Gasteiger partial charge in [0.1, 0.15) is 0 Å². The summed E-state index contributed by atoms with van der Waals surface area (Å²) in [6.07, 6.45) is 28.4. The Morgan fingerprint density at radius 2 is 0.914 bits per heavy atom. The normalized spacial score (nSPS) is 12.1. The van der Waals surface area contributed by atoms with Crippen molar-refractivity contribution in [3.63, 3.8) is 0 Å². The molecule has 0 aromatic heterocycles. The molecular weight excluding hydrogens is 471 g/mol. The lowest BCUT2D eigenvalue weighted by Gasteiger charge is -2.38. The van der Waals surface area contributed by atoms with Gasteiger partial charge in [-0.15, -0.1) is 9.24 Å². The molecule has 0 amide bonds. The van der Waals surface area contributed by atoms with Crippen LogP contribution in [0, 0.1) is 5.92 Å². The van der Waals surface area contributed by atoms with Gasteiger partial charge in [-0.2, -0.15) is 8.42 Å². The van der Waals surface area contributed by atoms with E-state index >= 15 is 0 Å². The second-order valence-electron chi connectivity index (χ2n) is 10.9. The van der Waals surface area contributed by atoms with E-state index in [0.29, 0.717) is 11.6 Å². The molecule has 0 radical (unpaired) electrons. The summed E-state index contributed by atoms with van der Waals surface area (Å²) in [6, 6.07) is 0. The molecule has 0 bridgehead atoms. The summed E-state index contributed by atoms with van der Waals surface area (Å²) in [6.45, 7) is 11.5. The van der Waals surface area contributed by atoms with Crippen LogP contribution in [0.1, 0.15) is 176 Å². The maximum absolute atomic E-state index is 10.4. The summed E-state index contributed by atoms with van der Waals surface area (Å²) < 4.78 is 29.4. The van der Waals surface area contributed by atoms with Gasteiger partial charge in [0.15, 0.2) is 0 Å². The predicted octanol–water partition coefficient (Wildman–Crippen LogP) is 10.8. The minimum atomic E-state index is -3.73. The largest absolute Gasteiger partial charge is 0.286 e. The third kappa shape index (κ3) is 25.8. The zero-order chi connectivity index (χ0) is 26.8. The lowest BCUT2D eigenvalue weighted by molar-refractivity contribution is 0.276. The highest BCUT2D eigenvalue weighted by Gasteiger charge is 2.32. The molecule has 0 aromatic rings. The van der Waals surface area contributed by atoms with Crippen LogP contribution < -0.4 is 0 Å². The van der Waals surface area contributed by atoms with Gasteiger partial charge in [0.25, 0.3) is 10.1 Å². The van der Waals surface area contributed by atoms with E-state index in [4.69, 9.17) is 4.55 Å². The standard InChI is InChI=1S/C18H39P.C12H26O3S/c1-5-9-13-17(14-10-6-2)18(19,15-11-7-3)16-12-8-4;1-2-3-4-5-6-7-8-9-10-11-12-16(13,14)15/h17H,5-16,19H2,1-4H3;2-12H2,1H3,(H,13,14,15). The first-order chi connectivity index (χ1) is 16.7. The Labute approximate surface area is 224 Å².